The van der Waals surface area contributed by atoms with Crippen LogP contribution in [-0.2, 0) is 24.9 Å². The summed E-state index contributed by atoms with van der Waals surface area (Å²) in [4.78, 5) is 11.9. The minimum absolute atomic E-state index is 0.147. The van der Waals surface area contributed by atoms with Crippen molar-refractivity contribution in [3.8, 4) is 0 Å². The quantitative estimate of drug-likeness (QED) is 0.717. The molecule has 3 rings (SSSR count). The molecule has 3 heterocycles. The van der Waals surface area contributed by atoms with Crippen LogP contribution in [0.4, 0.5) is 13.2 Å². The first-order valence-corrected chi connectivity index (χ1v) is 6.40. The zero-order chi connectivity index (χ0) is 13.9. The van der Waals surface area contributed by atoms with E-state index in [4.69, 9.17) is 4.74 Å². The second kappa shape index (κ2) is 4.01. The van der Waals surface area contributed by atoms with E-state index in [-0.39, 0.29) is 5.06 Å². The van der Waals surface area contributed by atoms with Gasteiger partial charge in [-0.3, -0.25) is 4.79 Å². The molecule has 0 aromatic rings. The summed E-state index contributed by atoms with van der Waals surface area (Å²) in [5, 5.41) is 9.98. The molecule has 0 aliphatic carbocycles. The van der Waals surface area contributed by atoms with Gasteiger partial charge in [-0.1, -0.05) is 12.2 Å². The fourth-order valence-corrected chi connectivity index (χ4v) is 3.02. The molecule has 2 bridgehead atoms. The predicted octanol–water partition coefficient (Wildman–Crippen LogP) is -0.168. The number of hydroxylamine groups is 2. The Hall–Kier alpha value is -0.970. The van der Waals surface area contributed by atoms with Gasteiger partial charge in [0.1, 0.15) is 0 Å². The lowest BCUT2D eigenvalue weighted by Crippen LogP contribution is -2.40. The van der Waals surface area contributed by atoms with E-state index in [2.05, 4.69) is 4.28 Å². The van der Waals surface area contributed by atoms with E-state index in [0.29, 0.717) is 0 Å². The molecule has 10 heteroatoms. The summed E-state index contributed by atoms with van der Waals surface area (Å²) in [6.45, 7) is 0. The third-order valence-corrected chi connectivity index (χ3v) is 4.05. The Bertz CT molecular complexity index is 481. The first-order valence-electron chi connectivity index (χ1n) is 5.32. The number of nitrogens with zero attached hydrogens (tertiary/aromatic N) is 1. The summed E-state index contributed by atoms with van der Waals surface area (Å²) < 4.78 is 56.6. The maximum Gasteiger partial charge on any atom is 0.499 e. The van der Waals surface area contributed by atoms with Gasteiger partial charge in [0.15, 0.2) is 6.23 Å². The van der Waals surface area contributed by atoms with E-state index in [1.165, 1.54) is 0 Å². The fraction of sp³-hybridized carbons (Fsp3) is 0.667. The molecule has 0 aromatic heterocycles. The average molecular weight is 299 g/mol. The third-order valence-electron chi connectivity index (χ3n) is 3.38. The Kier molecular flexibility index (Phi) is 2.75. The molecule has 6 unspecified atom stereocenters. The summed E-state index contributed by atoms with van der Waals surface area (Å²) in [7, 11) is 0. The number of hydrogen-bond acceptors (Lipinski definition) is 5. The predicted molar refractivity (Wildman–Crippen MR) is 52.9 cm³/mol. The smallest absolute Gasteiger partial charge is 0.371 e. The molecule has 0 saturated carbocycles. The van der Waals surface area contributed by atoms with Gasteiger partial charge < -0.3 is 9.84 Å². The van der Waals surface area contributed by atoms with Crippen LogP contribution in [0.1, 0.15) is 0 Å². The molecule has 2 saturated heterocycles. The van der Waals surface area contributed by atoms with Gasteiger partial charge in [0, 0.05) is 0 Å². The van der Waals surface area contributed by atoms with Crippen LogP contribution >= 0.6 is 0 Å². The van der Waals surface area contributed by atoms with Gasteiger partial charge in [0.25, 0.3) is 17.0 Å². The molecular weight excluding hydrogens is 291 g/mol. The molecule has 2 fully saturated rings. The fourth-order valence-electron chi connectivity index (χ4n) is 2.63. The number of alkyl halides is 3. The van der Waals surface area contributed by atoms with Crippen molar-refractivity contribution in [1.82, 2.24) is 5.06 Å². The van der Waals surface area contributed by atoms with E-state index < -0.39 is 52.8 Å². The standard InChI is InChI=1S/C9H8F3NO5S/c10-9(11,12)19(16)18-13-7(14)5-3-1-2-4(17-3)6(5)8(13)15/h1-7,14H. The molecule has 0 radical (unpaired) electrons. The highest BCUT2D eigenvalue weighted by Gasteiger charge is 2.62. The number of carbonyl (C=O) groups is 1. The molecule has 3 aliphatic heterocycles. The topological polar surface area (TPSA) is 76.1 Å². The summed E-state index contributed by atoms with van der Waals surface area (Å²) in [6.07, 6.45) is 0.517. The minimum Gasteiger partial charge on any atom is -0.371 e. The number of aliphatic hydroxyl groups excluding tert-OH is 1. The first kappa shape index (κ1) is 13.0. The van der Waals surface area contributed by atoms with Crippen molar-refractivity contribution in [2.75, 3.05) is 0 Å². The van der Waals surface area contributed by atoms with Gasteiger partial charge >= 0.3 is 5.51 Å². The highest BCUT2D eigenvalue weighted by atomic mass is 32.2. The summed E-state index contributed by atoms with van der Waals surface area (Å²) in [5.74, 6) is -2.35. The highest BCUT2D eigenvalue weighted by molar-refractivity contribution is 7.81. The second-order valence-electron chi connectivity index (χ2n) is 4.39. The van der Waals surface area contributed by atoms with Gasteiger partial charge in [-0.15, -0.1) is 0 Å². The lowest BCUT2D eigenvalue weighted by Gasteiger charge is -2.22. The molecule has 1 N–H and O–H groups in total. The van der Waals surface area contributed by atoms with Crippen LogP contribution in [0.2, 0.25) is 0 Å². The normalized spacial score (nSPS) is 42.0. The number of halogens is 3. The SMILES string of the molecule is O=C1C2C3C=CC(O3)C2C(O)N1OS(=O)C(F)(F)F. The van der Waals surface area contributed by atoms with E-state index >= 15 is 0 Å². The lowest BCUT2D eigenvalue weighted by molar-refractivity contribution is -0.187. The van der Waals surface area contributed by atoms with Crippen molar-refractivity contribution in [3.63, 3.8) is 0 Å². The average Bonchev–Trinajstić information content (AvgIpc) is 2.97. The summed E-state index contributed by atoms with van der Waals surface area (Å²) >= 11 is -3.69. The monoisotopic (exact) mass is 299 g/mol. The van der Waals surface area contributed by atoms with Crippen LogP contribution in [0, 0.1) is 11.8 Å². The van der Waals surface area contributed by atoms with Gasteiger partial charge in [-0.25, -0.2) is 4.21 Å². The van der Waals surface area contributed by atoms with Gasteiger partial charge in [0.05, 0.1) is 24.0 Å². The largest absolute Gasteiger partial charge is 0.499 e. The third kappa shape index (κ3) is 1.82. The molecular formula is C9H8F3NO5S. The number of ether oxygens (including phenoxy) is 1. The van der Waals surface area contributed by atoms with Crippen LogP contribution in [0.5, 0.6) is 0 Å². The molecule has 1 amide bonds. The van der Waals surface area contributed by atoms with Crippen LogP contribution < -0.4 is 0 Å². The van der Waals surface area contributed by atoms with Crippen LogP contribution in [-0.4, -0.2) is 44.2 Å². The summed E-state index contributed by atoms with van der Waals surface area (Å²) in [5.41, 5.74) is -5.12. The van der Waals surface area contributed by atoms with Crippen LogP contribution in [0.3, 0.4) is 0 Å². The summed E-state index contributed by atoms with van der Waals surface area (Å²) in [6, 6.07) is 0. The van der Waals surface area contributed by atoms with Gasteiger partial charge in [0.2, 0.25) is 0 Å². The van der Waals surface area contributed by atoms with E-state index in [9.17, 15) is 27.3 Å². The Labute approximate surface area is 107 Å². The number of amides is 1. The number of aliphatic hydroxyl groups is 1. The number of hydrogen-bond donors (Lipinski definition) is 1. The maximum absolute atomic E-state index is 12.1. The molecule has 3 aliphatic rings. The first-order chi connectivity index (χ1) is 8.80. The zero-order valence-electron chi connectivity index (χ0n) is 9.11. The minimum atomic E-state index is -5.12. The Balaban J connectivity index is 1.79. The molecule has 6 atom stereocenters. The van der Waals surface area contributed by atoms with Crippen molar-refractivity contribution in [2.24, 2.45) is 11.8 Å². The van der Waals surface area contributed by atoms with Crippen LogP contribution in [0.15, 0.2) is 12.2 Å². The molecule has 106 valence electrons. The number of carbonyl (C=O) groups excluding carboxylic acids is 1. The Morgan fingerprint density at radius 2 is 2.00 bits per heavy atom. The van der Waals surface area contributed by atoms with Crippen LogP contribution in [0.25, 0.3) is 0 Å². The molecule has 19 heavy (non-hydrogen) atoms. The van der Waals surface area contributed by atoms with E-state index in [1.54, 1.807) is 12.2 Å². The van der Waals surface area contributed by atoms with Crippen molar-refractivity contribution in [3.05, 3.63) is 12.2 Å². The van der Waals surface area contributed by atoms with Crippen molar-refractivity contribution in [2.45, 2.75) is 23.9 Å². The second-order valence-corrected chi connectivity index (χ2v) is 5.47. The zero-order valence-corrected chi connectivity index (χ0v) is 9.93. The maximum atomic E-state index is 12.1. The number of fused-ring (bicyclic) bond motifs is 5. The Morgan fingerprint density at radius 3 is 2.58 bits per heavy atom. The van der Waals surface area contributed by atoms with Gasteiger partial charge in [-0.05, 0) is 0 Å². The van der Waals surface area contributed by atoms with Crippen molar-refractivity contribution >= 4 is 17.0 Å². The molecule has 0 spiro atoms. The molecule has 0 aromatic carbocycles. The highest BCUT2D eigenvalue weighted by Crippen LogP contribution is 2.47. The molecule has 6 nitrogen and oxygen atoms in total. The van der Waals surface area contributed by atoms with Crippen molar-refractivity contribution < 1.29 is 36.3 Å². The lowest BCUT2D eigenvalue weighted by atomic mass is 9.85. The van der Waals surface area contributed by atoms with E-state index in [1.807, 2.05) is 0 Å². The van der Waals surface area contributed by atoms with Gasteiger partial charge in [-0.2, -0.15) is 22.5 Å². The Morgan fingerprint density at radius 1 is 1.37 bits per heavy atom. The number of rotatable bonds is 2. The van der Waals surface area contributed by atoms with Crippen molar-refractivity contribution in [1.29, 1.82) is 0 Å². The van der Waals surface area contributed by atoms with E-state index in [0.717, 1.165) is 0 Å².